The molecule has 1 aliphatic carbocycles. The first kappa shape index (κ1) is 13.3. The molecule has 0 radical (unpaired) electrons. The van der Waals surface area contributed by atoms with E-state index >= 15 is 0 Å². The van der Waals surface area contributed by atoms with E-state index in [4.69, 9.17) is 15.6 Å². The van der Waals surface area contributed by atoms with Crippen LogP contribution in [0, 0.1) is 10.1 Å². The molecule has 0 amide bonds. The lowest BCUT2D eigenvalue weighted by atomic mass is 10.00. The molecule has 0 spiro atoms. The van der Waals surface area contributed by atoms with Crippen molar-refractivity contribution in [3.8, 4) is 5.75 Å². The second-order valence-electron chi connectivity index (χ2n) is 4.69. The second kappa shape index (κ2) is 4.85. The normalized spacial score (nSPS) is 26.1. The van der Waals surface area contributed by atoms with Gasteiger partial charge in [0.15, 0.2) is 0 Å². The molecule has 2 unspecified atom stereocenters. The van der Waals surface area contributed by atoms with E-state index in [1.165, 1.54) is 24.3 Å². The number of nitrogens with zero attached hydrogens (tertiary/aromatic N) is 1. The van der Waals surface area contributed by atoms with Crippen molar-refractivity contribution in [1.82, 2.24) is 0 Å². The summed E-state index contributed by atoms with van der Waals surface area (Å²) in [5, 5.41) is 19.5. The molecule has 7 heteroatoms. The summed E-state index contributed by atoms with van der Waals surface area (Å²) in [7, 11) is 0. The Labute approximate surface area is 109 Å². The predicted octanol–water partition coefficient (Wildman–Crippen LogP) is 1.31. The SMILES string of the molecule is NC1(C(=O)O)CCC(Oc2ccc([N+](=O)[O-])cc2)C1. The number of nitro benzene ring substituents is 1. The number of benzene rings is 1. The van der Waals surface area contributed by atoms with Crippen LogP contribution in [-0.4, -0.2) is 27.6 Å². The molecule has 0 aromatic heterocycles. The summed E-state index contributed by atoms with van der Waals surface area (Å²) in [5.41, 5.74) is 4.49. The number of rotatable bonds is 4. The Hall–Kier alpha value is -2.15. The summed E-state index contributed by atoms with van der Waals surface area (Å²) in [6.07, 6.45) is 0.876. The Morgan fingerprint density at radius 1 is 1.47 bits per heavy atom. The highest BCUT2D eigenvalue weighted by molar-refractivity contribution is 5.79. The summed E-state index contributed by atoms with van der Waals surface area (Å²) < 4.78 is 5.59. The van der Waals surface area contributed by atoms with Gasteiger partial charge in [0.2, 0.25) is 0 Å². The Balaban J connectivity index is 1.99. The lowest BCUT2D eigenvalue weighted by Crippen LogP contribution is -2.46. The van der Waals surface area contributed by atoms with Gasteiger partial charge in [0, 0.05) is 18.6 Å². The molecule has 1 aromatic rings. The summed E-state index contributed by atoms with van der Waals surface area (Å²) in [4.78, 5) is 21.0. The van der Waals surface area contributed by atoms with Crippen molar-refractivity contribution in [2.24, 2.45) is 5.73 Å². The quantitative estimate of drug-likeness (QED) is 0.627. The Morgan fingerprint density at radius 3 is 2.58 bits per heavy atom. The second-order valence-corrected chi connectivity index (χ2v) is 4.69. The maximum absolute atomic E-state index is 11.0. The fourth-order valence-corrected chi connectivity index (χ4v) is 2.16. The van der Waals surface area contributed by atoms with Gasteiger partial charge in [-0.15, -0.1) is 0 Å². The maximum Gasteiger partial charge on any atom is 0.323 e. The van der Waals surface area contributed by atoms with Gasteiger partial charge in [-0.25, -0.2) is 0 Å². The van der Waals surface area contributed by atoms with Gasteiger partial charge >= 0.3 is 5.97 Å². The van der Waals surface area contributed by atoms with Crippen LogP contribution in [0.3, 0.4) is 0 Å². The van der Waals surface area contributed by atoms with Crippen LogP contribution in [0.1, 0.15) is 19.3 Å². The van der Waals surface area contributed by atoms with E-state index in [-0.39, 0.29) is 18.2 Å². The standard InChI is InChI=1S/C12H14N2O5/c13-12(11(15)16)6-5-10(7-12)19-9-3-1-8(2-4-9)14(17)18/h1-4,10H,5-7,13H2,(H,15,16). The van der Waals surface area contributed by atoms with Gasteiger partial charge in [0.05, 0.1) is 4.92 Å². The van der Waals surface area contributed by atoms with Crippen LogP contribution >= 0.6 is 0 Å². The van der Waals surface area contributed by atoms with E-state index in [1.807, 2.05) is 0 Å². The van der Waals surface area contributed by atoms with E-state index in [0.717, 1.165) is 0 Å². The Bertz CT molecular complexity index is 501. The minimum Gasteiger partial charge on any atom is -0.490 e. The van der Waals surface area contributed by atoms with E-state index in [9.17, 15) is 14.9 Å². The predicted molar refractivity (Wildman–Crippen MR) is 65.9 cm³/mol. The molecule has 1 aromatic carbocycles. The molecule has 0 saturated heterocycles. The van der Waals surface area contributed by atoms with Crippen LogP contribution in [0.5, 0.6) is 5.75 Å². The molecular formula is C12H14N2O5. The van der Waals surface area contributed by atoms with Crippen molar-refractivity contribution >= 4 is 11.7 Å². The first-order valence-corrected chi connectivity index (χ1v) is 5.84. The third kappa shape index (κ3) is 2.82. The average Bonchev–Trinajstić information content (AvgIpc) is 2.73. The van der Waals surface area contributed by atoms with Crippen LogP contribution < -0.4 is 10.5 Å². The minimum absolute atomic E-state index is 0.0162. The zero-order valence-electron chi connectivity index (χ0n) is 10.1. The number of carboxylic acids is 1. The molecule has 0 heterocycles. The fraction of sp³-hybridized carbons (Fsp3) is 0.417. The van der Waals surface area contributed by atoms with Crippen molar-refractivity contribution in [2.45, 2.75) is 30.9 Å². The third-order valence-corrected chi connectivity index (χ3v) is 3.28. The number of hydrogen-bond acceptors (Lipinski definition) is 5. The van der Waals surface area contributed by atoms with Crippen molar-refractivity contribution in [3.63, 3.8) is 0 Å². The molecule has 0 bridgehead atoms. The first-order chi connectivity index (χ1) is 8.90. The zero-order chi connectivity index (χ0) is 14.0. The lowest BCUT2D eigenvalue weighted by molar-refractivity contribution is -0.384. The molecule has 19 heavy (non-hydrogen) atoms. The van der Waals surface area contributed by atoms with Gasteiger partial charge in [-0.05, 0) is 25.0 Å². The van der Waals surface area contributed by atoms with Gasteiger partial charge in [-0.1, -0.05) is 0 Å². The Morgan fingerprint density at radius 2 is 2.11 bits per heavy atom. The molecule has 2 rings (SSSR count). The van der Waals surface area contributed by atoms with Crippen molar-refractivity contribution in [1.29, 1.82) is 0 Å². The summed E-state index contributed by atoms with van der Waals surface area (Å²) in [6.45, 7) is 0. The summed E-state index contributed by atoms with van der Waals surface area (Å²) in [5.74, 6) is -0.549. The highest BCUT2D eigenvalue weighted by Crippen LogP contribution is 2.31. The molecule has 1 fully saturated rings. The topological polar surface area (TPSA) is 116 Å². The van der Waals surface area contributed by atoms with Crippen LogP contribution in [0.25, 0.3) is 0 Å². The molecule has 3 N–H and O–H groups in total. The van der Waals surface area contributed by atoms with Crippen LogP contribution in [0.15, 0.2) is 24.3 Å². The van der Waals surface area contributed by atoms with Gasteiger partial charge in [-0.2, -0.15) is 0 Å². The van der Waals surface area contributed by atoms with Crippen LogP contribution in [0.2, 0.25) is 0 Å². The number of carbonyl (C=O) groups is 1. The largest absolute Gasteiger partial charge is 0.490 e. The van der Waals surface area contributed by atoms with E-state index in [1.54, 1.807) is 0 Å². The Kier molecular flexibility index (Phi) is 3.39. The molecule has 7 nitrogen and oxygen atoms in total. The smallest absolute Gasteiger partial charge is 0.323 e. The molecule has 1 aliphatic rings. The molecule has 1 saturated carbocycles. The van der Waals surface area contributed by atoms with E-state index < -0.39 is 16.4 Å². The fourth-order valence-electron chi connectivity index (χ4n) is 2.16. The number of aliphatic carboxylic acids is 1. The summed E-state index contributed by atoms with van der Waals surface area (Å²) >= 11 is 0. The lowest BCUT2D eigenvalue weighted by Gasteiger charge is -2.18. The number of carboxylic acid groups (broad SMARTS) is 1. The van der Waals surface area contributed by atoms with Gasteiger partial charge in [0.1, 0.15) is 17.4 Å². The van der Waals surface area contributed by atoms with Crippen molar-refractivity contribution in [3.05, 3.63) is 34.4 Å². The molecule has 0 aliphatic heterocycles. The average molecular weight is 266 g/mol. The number of hydrogen-bond donors (Lipinski definition) is 2. The highest BCUT2D eigenvalue weighted by atomic mass is 16.6. The maximum atomic E-state index is 11.0. The molecule has 102 valence electrons. The zero-order valence-corrected chi connectivity index (χ0v) is 10.1. The highest BCUT2D eigenvalue weighted by Gasteiger charge is 2.43. The number of ether oxygens (including phenoxy) is 1. The monoisotopic (exact) mass is 266 g/mol. The van der Waals surface area contributed by atoms with Gasteiger partial charge in [0.25, 0.3) is 5.69 Å². The van der Waals surface area contributed by atoms with E-state index in [0.29, 0.717) is 18.6 Å². The first-order valence-electron chi connectivity index (χ1n) is 5.84. The van der Waals surface area contributed by atoms with E-state index in [2.05, 4.69) is 0 Å². The number of nitrogens with two attached hydrogens (primary N) is 1. The number of nitro groups is 1. The van der Waals surface area contributed by atoms with Gasteiger partial charge < -0.3 is 15.6 Å². The van der Waals surface area contributed by atoms with Crippen molar-refractivity contribution < 1.29 is 19.6 Å². The van der Waals surface area contributed by atoms with Crippen LogP contribution in [0.4, 0.5) is 5.69 Å². The van der Waals surface area contributed by atoms with Gasteiger partial charge in [-0.3, -0.25) is 14.9 Å². The van der Waals surface area contributed by atoms with Crippen LogP contribution in [-0.2, 0) is 4.79 Å². The van der Waals surface area contributed by atoms with Crippen molar-refractivity contribution in [2.75, 3.05) is 0 Å². The molecular weight excluding hydrogens is 252 g/mol. The number of non-ortho nitro benzene ring substituents is 1. The minimum atomic E-state index is -1.23. The molecule has 2 atom stereocenters. The third-order valence-electron chi connectivity index (χ3n) is 3.28. The summed E-state index contributed by atoms with van der Waals surface area (Å²) in [6, 6.07) is 5.68.